The SMILES string of the molecule is C#CCNC(=O)C(C)NC(C)C(=O)NCC(C)C. The zero-order chi connectivity index (χ0) is 14.1. The quantitative estimate of drug-likeness (QED) is 0.554. The van der Waals surface area contributed by atoms with Crippen LogP contribution >= 0.6 is 0 Å². The maximum absolute atomic E-state index is 11.7. The molecule has 102 valence electrons. The van der Waals surface area contributed by atoms with Crippen molar-refractivity contribution in [1.29, 1.82) is 0 Å². The van der Waals surface area contributed by atoms with Crippen LogP contribution in [0.15, 0.2) is 0 Å². The van der Waals surface area contributed by atoms with Crippen LogP contribution in [0.5, 0.6) is 0 Å². The molecular weight excluding hydrogens is 230 g/mol. The molecule has 0 aromatic rings. The number of rotatable bonds is 7. The highest BCUT2D eigenvalue weighted by Gasteiger charge is 2.19. The summed E-state index contributed by atoms with van der Waals surface area (Å²) in [5.41, 5.74) is 0. The van der Waals surface area contributed by atoms with E-state index in [0.29, 0.717) is 12.5 Å². The first-order valence-electron chi connectivity index (χ1n) is 6.13. The molecule has 0 radical (unpaired) electrons. The molecule has 0 heterocycles. The first-order valence-corrected chi connectivity index (χ1v) is 6.13. The first-order chi connectivity index (χ1) is 8.38. The van der Waals surface area contributed by atoms with E-state index in [1.807, 2.05) is 13.8 Å². The Labute approximate surface area is 109 Å². The molecule has 0 bridgehead atoms. The molecule has 0 fully saturated rings. The lowest BCUT2D eigenvalue weighted by Crippen LogP contribution is -2.51. The minimum Gasteiger partial charge on any atom is -0.354 e. The third-order valence-corrected chi connectivity index (χ3v) is 2.34. The molecule has 0 saturated carbocycles. The van der Waals surface area contributed by atoms with Gasteiger partial charge in [-0.05, 0) is 19.8 Å². The fourth-order valence-corrected chi connectivity index (χ4v) is 1.28. The van der Waals surface area contributed by atoms with Gasteiger partial charge in [0.25, 0.3) is 0 Å². The topological polar surface area (TPSA) is 70.2 Å². The lowest BCUT2D eigenvalue weighted by Gasteiger charge is -2.19. The summed E-state index contributed by atoms with van der Waals surface area (Å²) in [7, 11) is 0. The predicted octanol–water partition coefficient (Wildman–Crippen LogP) is -0.125. The van der Waals surface area contributed by atoms with Gasteiger partial charge >= 0.3 is 0 Å². The fraction of sp³-hybridized carbons (Fsp3) is 0.692. The van der Waals surface area contributed by atoms with Gasteiger partial charge in [0.05, 0.1) is 18.6 Å². The van der Waals surface area contributed by atoms with Crippen molar-refractivity contribution in [2.75, 3.05) is 13.1 Å². The van der Waals surface area contributed by atoms with Gasteiger partial charge in [-0.2, -0.15) is 0 Å². The third-order valence-electron chi connectivity index (χ3n) is 2.34. The van der Waals surface area contributed by atoms with Gasteiger partial charge in [0.2, 0.25) is 11.8 Å². The molecule has 0 aliphatic rings. The van der Waals surface area contributed by atoms with Crippen molar-refractivity contribution in [3.8, 4) is 12.3 Å². The molecule has 5 heteroatoms. The fourth-order valence-electron chi connectivity index (χ4n) is 1.28. The molecule has 2 atom stereocenters. The van der Waals surface area contributed by atoms with Gasteiger partial charge < -0.3 is 10.6 Å². The normalized spacial score (nSPS) is 13.6. The molecule has 18 heavy (non-hydrogen) atoms. The van der Waals surface area contributed by atoms with Gasteiger partial charge in [-0.25, -0.2) is 0 Å². The predicted molar refractivity (Wildman–Crippen MR) is 71.8 cm³/mol. The van der Waals surface area contributed by atoms with Gasteiger partial charge in [-0.15, -0.1) is 6.42 Å². The van der Waals surface area contributed by atoms with Gasteiger partial charge in [-0.3, -0.25) is 14.9 Å². The van der Waals surface area contributed by atoms with Crippen molar-refractivity contribution < 1.29 is 9.59 Å². The average molecular weight is 253 g/mol. The van der Waals surface area contributed by atoms with Crippen molar-refractivity contribution in [3.63, 3.8) is 0 Å². The smallest absolute Gasteiger partial charge is 0.237 e. The number of carbonyl (C=O) groups is 2. The van der Waals surface area contributed by atoms with Crippen molar-refractivity contribution in [3.05, 3.63) is 0 Å². The molecule has 0 rings (SSSR count). The van der Waals surface area contributed by atoms with Crippen LogP contribution < -0.4 is 16.0 Å². The molecule has 0 aromatic heterocycles. The van der Waals surface area contributed by atoms with Crippen LogP contribution in [0, 0.1) is 18.3 Å². The van der Waals surface area contributed by atoms with E-state index in [1.165, 1.54) is 0 Å². The minimum absolute atomic E-state index is 0.111. The van der Waals surface area contributed by atoms with E-state index in [1.54, 1.807) is 13.8 Å². The zero-order valence-electron chi connectivity index (χ0n) is 11.5. The highest BCUT2D eigenvalue weighted by atomic mass is 16.2. The standard InChI is InChI=1S/C13H23N3O2/c1-6-7-14-12(17)10(4)16-11(5)13(18)15-8-9(2)3/h1,9-11,16H,7-8H2,2-5H3,(H,14,17)(H,15,18). The zero-order valence-corrected chi connectivity index (χ0v) is 11.5. The van der Waals surface area contributed by atoms with Crippen LogP contribution in [-0.4, -0.2) is 37.0 Å². The molecule has 0 aliphatic carbocycles. The molecule has 0 aromatic carbocycles. The summed E-state index contributed by atoms with van der Waals surface area (Å²) in [6.45, 7) is 8.28. The first kappa shape index (κ1) is 16.5. The Kier molecular flexibility index (Phi) is 7.81. The molecule has 5 nitrogen and oxygen atoms in total. The van der Waals surface area contributed by atoms with E-state index < -0.39 is 12.1 Å². The Morgan fingerprint density at radius 2 is 1.56 bits per heavy atom. The Bertz CT molecular complexity index is 321. The lowest BCUT2D eigenvalue weighted by molar-refractivity contribution is -0.125. The summed E-state index contributed by atoms with van der Waals surface area (Å²) in [5, 5.41) is 8.28. The molecule has 0 aliphatic heterocycles. The number of carbonyl (C=O) groups excluding carboxylic acids is 2. The lowest BCUT2D eigenvalue weighted by atomic mass is 10.2. The second-order valence-electron chi connectivity index (χ2n) is 4.67. The van der Waals surface area contributed by atoms with E-state index >= 15 is 0 Å². The highest BCUT2D eigenvalue weighted by Crippen LogP contribution is 1.91. The van der Waals surface area contributed by atoms with E-state index in [9.17, 15) is 9.59 Å². The number of amides is 2. The van der Waals surface area contributed by atoms with E-state index in [-0.39, 0.29) is 18.4 Å². The number of nitrogens with one attached hydrogen (secondary N) is 3. The second-order valence-corrected chi connectivity index (χ2v) is 4.67. The summed E-state index contributed by atoms with van der Waals surface area (Å²) in [5.74, 6) is 2.40. The van der Waals surface area contributed by atoms with Gasteiger partial charge in [-0.1, -0.05) is 19.8 Å². The molecular formula is C13H23N3O2. The van der Waals surface area contributed by atoms with Crippen molar-refractivity contribution in [2.24, 2.45) is 5.92 Å². The van der Waals surface area contributed by atoms with Crippen LogP contribution in [0.25, 0.3) is 0 Å². The van der Waals surface area contributed by atoms with E-state index in [4.69, 9.17) is 6.42 Å². The number of terminal acetylenes is 1. The van der Waals surface area contributed by atoms with E-state index in [2.05, 4.69) is 21.9 Å². The Morgan fingerprint density at radius 1 is 1.06 bits per heavy atom. The maximum atomic E-state index is 11.7. The van der Waals surface area contributed by atoms with Crippen LogP contribution in [0.4, 0.5) is 0 Å². The average Bonchev–Trinajstić information content (AvgIpc) is 2.32. The van der Waals surface area contributed by atoms with Crippen LogP contribution in [0.3, 0.4) is 0 Å². The second kappa shape index (κ2) is 8.54. The molecule has 3 N–H and O–H groups in total. The largest absolute Gasteiger partial charge is 0.354 e. The molecule has 0 spiro atoms. The van der Waals surface area contributed by atoms with Crippen molar-refractivity contribution in [1.82, 2.24) is 16.0 Å². The van der Waals surface area contributed by atoms with Crippen LogP contribution in [-0.2, 0) is 9.59 Å². The summed E-state index contributed by atoms with van der Waals surface area (Å²) in [4.78, 5) is 23.2. The number of hydrogen-bond donors (Lipinski definition) is 3. The third kappa shape index (κ3) is 6.92. The van der Waals surface area contributed by atoms with E-state index in [0.717, 1.165) is 0 Å². The monoisotopic (exact) mass is 253 g/mol. The van der Waals surface area contributed by atoms with Crippen molar-refractivity contribution >= 4 is 11.8 Å². The Hall–Kier alpha value is -1.54. The Morgan fingerprint density at radius 3 is 2.00 bits per heavy atom. The molecule has 2 unspecified atom stereocenters. The van der Waals surface area contributed by atoms with Gasteiger partial charge in [0.1, 0.15) is 0 Å². The van der Waals surface area contributed by atoms with Crippen molar-refractivity contribution in [2.45, 2.75) is 39.8 Å². The summed E-state index contributed by atoms with van der Waals surface area (Å²) in [6, 6.07) is -0.881. The summed E-state index contributed by atoms with van der Waals surface area (Å²) in [6.07, 6.45) is 5.05. The number of hydrogen-bond acceptors (Lipinski definition) is 3. The summed E-state index contributed by atoms with van der Waals surface area (Å²) < 4.78 is 0. The van der Waals surface area contributed by atoms with Gasteiger partial charge in [0, 0.05) is 6.54 Å². The minimum atomic E-state index is -0.460. The highest BCUT2D eigenvalue weighted by molar-refractivity contribution is 5.84. The molecule has 2 amide bonds. The van der Waals surface area contributed by atoms with Crippen LogP contribution in [0.1, 0.15) is 27.7 Å². The Balaban J connectivity index is 4.06. The summed E-state index contributed by atoms with van der Waals surface area (Å²) >= 11 is 0. The van der Waals surface area contributed by atoms with Crippen LogP contribution in [0.2, 0.25) is 0 Å². The maximum Gasteiger partial charge on any atom is 0.237 e. The van der Waals surface area contributed by atoms with Gasteiger partial charge in [0.15, 0.2) is 0 Å². The molecule has 0 saturated heterocycles.